The summed E-state index contributed by atoms with van der Waals surface area (Å²) in [6, 6.07) is 5.49. The lowest BCUT2D eigenvalue weighted by Crippen LogP contribution is -2.19. The quantitative estimate of drug-likeness (QED) is 0.850. The zero-order valence-electron chi connectivity index (χ0n) is 9.93. The number of nitrogens with one attached hydrogen (secondary N) is 1. The molecule has 0 unspecified atom stereocenters. The molecule has 0 amide bonds. The number of alkyl halides is 3. The smallest absolute Gasteiger partial charge is 0.396 e. The first-order chi connectivity index (χ1) is 8.47. The van der Waals surface area contributed by atoms with Gasteiger partial charge in [-0.15, -0.1) is 0 Å². The van der Waals surface area contributed by atoms with Crippen LogP contribution in [0.3, 0.4) is 0 Å². The minimum absolute atomic E-state index is 0.00649. The fraction of sp³-hybridized carbons (Fsp3) is 0.538. The van der Waals surface area contributed by atoms with E-state index in [1.165, 1.54) is 12.1 Å². The minimum atomic E-state index is -4.34. The fourth-order valence-electron chi connectivity index (χ4n) is 2.10. The summed E-state index contributed by atoms with van der Waals surface area (Å²) in [5.41, 5.74) is -0.521. The first-order valence-corrected chi connectivity index (χ1v) is 5.98. The molecule has 1 aliphatic carbocycles. The standard InChI is InChI=1S/C13H16F3NO/c14-13(15,16)10-3-1-2-4-11(10)17-9-12(5-6-12)7-8-18/h1-4,17-18H,5-9H2. The number of hydrogen-bond donors (Lipinski definition) is 2. The van der Waals surface area contributed by atoms with Gasteiger partial charge in [0.05, 0.1) is 5.56 Å². The zero-order chi connectivity index (χ0) is 13.2. The van der Waals surface area contributed by atoms with Crippen LogP contribution in [-0.2, 0) is 6.18 Å². The van der Waals surface area contributed by atoms with Crippen molar-refractivity contribution in [3.05, 3.63) is 29.8 Å². The average Bonchev–Trinajstić information content (AvgIpc) is 3.07. The molecular formula is C13H16F3NO. The maximum absolute atomic E-state index is 12.8. The molecule has 100 valence electrons. The van der Waals surface area contributed by atoms with E-state index < -0.39 is 11.7 Å². The van der Waals surface area contributed by atoms with Gasteiger partial charge in [0.25, 0.3) is 0 Å². The molecule has 1 saturated carbocycles. The molecule has 2 rings (SSSR count). The van der Waals surface area contributed by atoms with Crippen molar-refractivity contribution in [3.8, 4) is 0 Å². The van der Waals surface area contributed by atoms with Gasteiger partial charge in [0.2, 0.25) is 0 Å². The minimum Gasteiger partial charge on any atom is -0.396 e. The number of aliphatic hydroxyl groups is 1. The van der Waals surface area contributed by atoms with Crippen molar-refractivity contribution in [2.75, 3.05) is 18.5 Å². The lowest BCUT2D eigenvalue weighted by Gasteiger charge is -2.18. The summed E-state index contributed by atoms with van der Waals surface area (Å²) in [5, 5.41) is 11.8. The van der Waals surface area contributed by atoms with Crippen molar-refractivity contribution in [3.63, 3.8) is 0 Å². The molecule has 0 aromatic heterocycles. The molecule has 1 fully saturated rings. The molecule has 2 nitrogen and oxygen atoms in total. The van der Waals surface area contributed by atoms with Gasteiger partial charge in [-0.3, -0.25) is 0 Å². The molecule has 0 bridgehead atoms. The van der Waals surface area contributed by atoms with Crippen LogP contribution in [0.25, 0.3) is 0 Å². The van der Waals surface area contributed by atoms with Gasteiger partial charge < -0.3 is 10.4 Å². The molecule has 2 N–H and O–H groups in total. The Morgan fingerprint density at radius 1 is 1.22 bits per heavy atom. The lowest BCUT2D eigenvalue weighted by atomic mass is 10.0. The fourth-order valence-corrected chi connectivity index (χ4v) is 2.10. The maximum atomic E-state index is 12.8. The topological polar surface area (TPSA) is 32.3 Å². The molecule has 1 aromatic rings. The normalized spacial score (nSPS) is 17.6. The first kappa shape index (κ1) is 13.2. The van der Waals surface area contributed by atoms with Crippen LogP contribution in [0.1, 0.15) is 24.8 Å². The van der Waals surface area contributed by atoms with Crippen molar-refractivity contribution in [1.82, 2.24) is 0 Å². The van der Waals surface area contributed by atoms with Gasteiger partial charge in [0.1, 0.15) is 0 Å². The third-order valence-corrected chi connectivity index (χ3v) is 3.49. The Labute approximate surface area is 104 Å². The second-order valence-electron chi connectivity index (χ2n) is 4.87. The van der Waals surface area contributed by atoms with Crippen LogP contribution in [0.4, 0.5) is 18.9 Å². The molecule has 1 aromatic carbocycles. The van der Waals surface area contributed by atoms with Gasteiger partial charge in [-0.25, -0.2) is 0 Å². The summed E-state index contributed by atoms with van der Waals surface area (Å²) < 4.78 is 38.3. The second kappa shape index (κ2) is 4.80. The monoisotopic (exact) mass is 259 g/mol. The van der Waals surface area contributed by atoms with E-state index in [9.17, 15) is 13.2 Å². The van der Waals surface area contributed by atoms with E-state index in [4.69, 9.17) is 5.11 Å². The molecule has 5 heteroatoms. The Kier molecular flexibility index (Phi) is 3.52. The van der Waals surface area contributed by atoms with Gasteiger partial charge in [0.15, 0.2) is 0 Å². The van der Waals surface area contributed by atoms with Crippen molar-refractivity contribution < 1.29 is 18.3 Å². The van der Waals surface area contributed by atoms with E-state index in [0.717, 1.165) is 18.9 Å². The molecule has 0 radical (unpaired) electrons. The molecule has 0 heterocycles. The summed E-state index contributed by atoms with van der Waals surface area (Å²) >= 11 is 0. The molecule has 0 spiro atoms. The predicted molar refractivity (Wildman–Crippen MR) is 63.3 cm³/mol. The van der Waals surface area contributed by atoms with Gasteiger partial charge in [-0.2, -0.15) is 13.2 Å². The highest BCUT2D eigenvalue weighted by Gasteiger charge is 2.42. The van der Waals surface area contributed by atoms with Gasteiger partial charge in [0, 0.05) is 18.8 Å². The second-order valence-corrected chi connectivity index (χ2v) is 4.87. The Morgan fingerprint density at radius 3 is 2.44 bits per heavy atom. The van der Waals surface area contributed by atoms with Crippen LogP contribution in [0, 0.1) is 5.41 Å². The summed E-state index contributed by atoms with van der Waals surface area (Å²) in [5.74, 6) is 0. The van der Waals surface area contributed by atoms with Crippen molar-refractivity contribution in [1.29, 1.82) is 0 Å². The highest BCUT2D eigenvalue weighted by Crippen LogP contribution is 2.48. The van der Waals surface area contributed by atoms with Crippen molar-refractivity contribution in [2.45, 2.75) is 25.4 Å². The van der Waals surface area contributed by atoms with Gasteiger partial charge in [-0.05, 0) is 36.8 Å². The van der Waals surface area contributed by atoms with E-state index in [1.54, 1.807) is 6.07 Å². The summed E-state index contributed by atoms with van der Waals surface area (Å²) in [6.07, 6.45) is -1.75. The van der Waals surface area contributed by atoms with E-state index in [-0.39, 0.29) is 17.7 Å². The Morgan fingerprint density at radius 2 is 1.89 bits per heavy atom. The number of benzene rings is 1. The summed E-state index contributed by atoms with van der Waals surface area (Å²) in [4.78, 5) is 0. The number of hydrogen-bond acceptors (Lipinski definition) is 2. The van der Waals surface area contributed by atoms with E-state index in [2.05, 4.69) is 5.32 Å². The highest BCUT2D eigenvalue weighted by atomic mass is 19.4. The lowest BCUT2D eigenvalue weighted by molar-refractivity contribution is -0.137. The van der Waals surface area contributed by atoms with Crippen LogP contribution >= 0.6 is 0 Å². The number of para-hydroxylation sites is 1. The Bertz CT molecular complexity index is 413. The molecule has 0 saturated heterocycles. The SMILES string of the molecule is OCCC1(CNc2ccccc2C(F)(F)F)CC1. The van der Waals surface area contributed by atoms with Gasteiger partial charge >= 0.3 is 6.18 Å². The third-order valence-electron chi connectivity index (χ3n) is 3.49. The van der Waals surface area contributed by atoms with Crippen molar-refractivity contribution in [2.24, 2.45) is 5.41 Å². The van der Waals surface area contributed by atoms with Crippen LogP contribution in [0.2, 0.25) is 0 Å². The van der Waals surface area contributed by atoms with E-state index >= 15 is 0 Å². The van der Waals surface area contributed by atoms with Crippen molar-refractivity contribution >= 4 is 5.69 Å². The van der Waals surface area contributed by atoms with E-state index in [0.29, 0.717) is 13.0 Å². The number of halogens is 3. The number of aliphatic hydroxyl groups excluding tert-OH is 1. The molecule has 18 heavy (non-hydrogen) atoms. The number of anilines is 1. The largest absolute Gasteiger partial charge is 0.418 e. The highest BCUT2D eigenvalue weighted by molar-refractivity contribution is 5.52. The van der Waals surface area contributed by atoms with Crippen LogP contribution in [0.15, 0.2) is 24.3 Å². The molecule has 0 aliphatic heterocycles. The molecule has 1 aliphatic rings. The Balaban J connectivity index is 2.06. The molecular weight excluding hydrogens is 243 g/mol. The van der Waals surface area contributed by atoms with Crippen LogP contribution in [0.5, 0.6) is 0 Å². The first-order valence-electron chi connectivity index (χ1n) is 5.98. The van der Waals surface area contributed by atoms with E-state index in [1.807, 2.05) is 0 Å². The molecule has 0 atom stereocenters. The predicted octanol–water partition coefficient (Wildman–Crippen LogP) is 3.28. The number of rotatable bonds is 5. The maximum Gasteiger partial charge on any atom is 0.418 e. The van der Waals surface area contributed by atoms with Crippen LogP contribution < -0.4 is 5.32 Å². The average molecular weight is 259 g/mol. The van der Waals surface area contributed by atoms with Crippen LogP contribution in [-0.4, -0.2) is 18.3 Å². The third kappa shape index (κ3) is 2.96. The summed E-state index contributed by atoms with van der Waals surface area (Å²) in [7, 11) is 0. The zero-order valence-corrected chi connectivity index (χ0v) is 9.93. The van der Waals surface area contributed by atoms with Gasteiger partial charge in [-0.1, -0.05) is 12.1 Å². The Hall–Kier alpha value is -1.23. The summed E-state index contributed by atoms with van der Waals surface area (Å²) in [6.45, 7) is 0.573.